The average Bonchev–Trinajstić information content (AvgIpc) is 2.34. The van der Waals surface area contributed by atoms with Crippen LogP contribution in [-0.4, -0.2) is 22.8 Å². The number of H-pyrrole nitrogens is 1. The summed E-state index contributed by atoms with van der Waals surface area (Å²) in [6.07, 6.45) is 3.46. The van der Waals surface area contributed by atoms with E-state index in [1.54, 1.807) is 10.8 Å². The molecular weight excluding hydrogens is 222 g/mol. The first kappa shape index (κ1) is 12.1. The SMILES string of the molecule is NCc1cn(CC2CCOCC2)c(=O)[nH]c1=O. The molecule has 17 heavy (non-hydrogen) atoms. The van der Waals surface area contributed by atoms with Crippen LogP contribution in [0.4, 0.5) is 0 Å². The zero-order chi connectivity index (χ0) is 12.3. The van der Waals surface area contributed by atoms with Crippen LogP contribution in [-0.2, 0) is 17.8 Å². The van der Waals surface area contributed by atoms with Gasteiger partial charge in [0.25, 0.3) is 5.56 Å². The van der Waals surface area contributed by atoms with Gasteiger partial charge in [0.15, 0.2) is 0 Å². The Morgan fingerprint density at radius 3 is 2.76 bits per heavy atom. The predicted octanol–water partition coefficient (Wildman–Crippen LogP) is -0.578. The van der Waals surface area contributed by atoms with E-state index in [2.05, 4.69) is 4.98 Å². The zero-order valence-corrected chi connectivity index (χ0v) is 9.65. The second kappa shape index (κ2) is 5.29. The minimum Gasteiger partial charge on any atom is -0.381 e. The van der Waals surface area contributed by atoms with Crippen LogP contribution in [0.3, 0.4) is 0 Å². The van der Waals surface area contributed by atoms with Crippen molar-refractivity contribution >= 4 is 0 Å². The Balaban J connectivity index is 2.19. The maximum atomic E-state index is 11.6. The van der Waals surface area contributed by atoms with Crippen molar-refractivity contribution in [3.8, 4) is 0 Å². The molecule has 1 aromatic rings. The Morgan fingerprint density at radius 1 is 1.41 bits per heavy atom. The number of rotatable bonds is 3. The van der Waals surface area contributed by atoms with Crippen LogP contribution in [0.1, 0.15) is 18.4 Å². The first-order valence-electron chi connectivity index (χ1n) is 5.81. The van der Waals surface area contributed by atoms with E-state index in [4.69, 9.17) is 10.5 Å². The molecule has 0 spiro atoms. The maximum Gasteiger partial charge on any atom is 0.328 e. The largest absolute Gasteiger partial charge is 0.381 e. The molecule has 94 valence electrons. The molecule has 6 heteroatoms. The molecule has 1 aromatic heterocycles. The molecule has 1 saturated heterocycles. The molecule has 0 amide bonds. The molecule has 2 rings (SSSR count). The van der Waals surface area contributed by atoms with E-state index in [9.17, 15) is 9.59 Å². The molecule has 0 unspecified atom stereocenters. The van der Waals surface area contributed by atoms with Gasteiger partial charge in [-0.1, -0.05) is 0 Å². The highest BCUT2D eigenvalue weighted by Crippen LogP contribution is 2.15. The van der Waals surface area contributed by atoms with Gasteiger partial charge in [-0.25, -0.2) is 4.79 Å². The molecule has 1 aliphatic heterocycles. The molecule has 6 nitrogen and oxygen atoms in total. The van der Waals surface area contributed by atoms with Crippen molar-refractivity contribution in [1.82, 2.24) is 9.55 Å². The van der Waals surface area contributed by atoms with Gasteiger partial charge in [-0.2, -0.15) is 0 Å². The molecule has 0 radical (unpaired) electrons. The molecule has 0 aliphatic carbocycles. The van der Waals surface area contributed by atoms with Gasteiger partial charge in [0.1, 0.15) is 0 Å². The third-order valence-corrected chi connectivity index (χ3v) is 3.10. The Hall–Kier alpha value is -1.40. The Labute approximate surface area is 98.4 Å². The summed E-state index contributed by atoms with van der Waals surface area (Å²) in [6.45, 7) is 2.24. The number of nitrogens with two attached hydrogens (primary N) is 1. The van der Waals surface area contributed by atoms with E-state index in [0.717, 1.165) is 26.1 Å². The molecule has 2 heterocycles. The number of hydrogen-bond donors (Lipinski definition) is 2. The van der Waals surface area contributed by atoms with E-state index in [1.165, 1.54) is 0 Å². The number of aromatic amines is 1. The molecule has 0 aromatic carbocycles. The number of nitrogens with one attached hydrogen (secondary N) is 1. The van der Waals surface area contributed by atoms with Crippen LogP contribution in [0.2, 0.25) is 0 Å². The van der Waals surface area contributed by atoms with Crippen LogP contribution >= 0.6 is 0 Å². The predicted molar refractivity (Wildman–Crippen MR) is 62.8 cm³/mol. The van der Waals surface area contributed by atoms with Gasteiger partial charge in [-0.15, -0.1) is 0 Å². The van der Waals surface area contributed by atoms with Gasteiger partial charge in [0, 0.05) is 38.1 Å². The molecule has 0 atom stereocenters. The van der Waals surface area contributed by atoms with Crippen molar-refractivity contribution in [1.29, 1.82) is 0 Å². The summed E-state index contributed by atoms with van der Waals surface area (Å²) in [5.74, 6) is 0.429. The van der Waals surface area contributed by atoms with Gasteiger partial charge in [0.05, 0.1) is 0 Å². The van der Waals surface area contributed by atoms with E-state index >= 15 is 0 Å². The summed E-state index contributed by atoms with van der Waals surface area (Å²) in [5.41, 5.74) is 5.14. The average molecular weight is 239 g/mol. The van der Waals surface area contributed by atoms with Crippen molar-refractivity contribution in [2.75, 3.05) is 13.2 Å². The molecule has 0 bridgehead atoms. The van der Waals surface area contributed by atoms with Crippen molar-refractivity contribution in [2.45, 2.75) is 25.9 Å². The van der Waals surface area contributed by atoms with Gasteiger partial charge in [-0.3, -0.25) is 14.3 Å². The van der Waals surface area contributed by atoms with E-state index in [-0.39, 0.29) is 17.8 Å². The van der Waals surface area contributed by atoms with Crippen LogP contribution in [0.5, 0.6) is 0 Å². The lowest BCUT2D eigenvalue weighted by molar-refractivity contribution is 0.0608. The standard InChI is InChI=1S/C11H17N3O3/c12-5-9-7-14(11(16)13-10(9)15)6-8-1-3-17-4-2-8/h7-8H,1-6,12H2,(H,13,15,16). The van der Waals surface area contributed by atoms with Crippen molar-refractivity contribution in [2.24, 2.45) is 11.7 Å². The van der Waals surface area contributed by atoms with E-state index < -0.39 is 0 Å². The quantitative estimate of drug-likeness (QED) is 0.738. The number of aromatic nitrogens is 2. The van der Waals surface area contributed by atoms with Crippen LogP contribution in [0.15, 0.2) is 15.8 Å². The normalized spacial score (nSPS) is 17.2. The van der Waals surface area contributed by atoms with Gasteiger partial charge >= 0.3 is 5.69 Å². The van der Waals surface area contributed by atoms with Crippen LogP contribution < -0.4 is 17.0 Å². The fourth-order valence-corrected chi connectivity index (χ4v) is 2.04. The summed E-state index contributed by atoms with van der Waals surface area (Å²) in [4.78, 5) is 25.3. The summed E-state index contributed by atoms with van der Waals surface area (Å²) in [6, 6.07) is 0. The number of ether oxygens (including phenoxy) is 1. The fourth-order valence-electron chi connectivity index (χ4n) is 2.04. The number of nitrogens with zero attached hydrogens (tertiary/aromatic N) is 1. The van der Waals surface area contributed by atoms with E-state index in [1.807, 2.05) is 0 Å². The Kier molecular flexibility index (Phi) is 3.75. The summed E-state index contributed by atoms with van der Waals surface area (Å²) < 4.78 is 6.81. The van der Waals surface area contributed by atoms with Gasteiger partial charge in [-0.05, 0) is 18.8 Å². The summed E-state index contributed by atoms with van der Waals surface area (Å²) in [5, 5.41) is 0. The molecule has 0 saturated carbocycles. The van der Waals surface area contributed by atoms with Crippen molar-refractivity contribution < 1.29 is 4.74 Å². The number of hydrogen-bond acceptors (Lipinski definition) is 4. The minimum atomic E-state index is -0.388. The highest BCUT2D eigenvalue weighted by Gasteiger charge is 2.15. The lowest BCUT2D eigenvalue weighted by Gasteiger charge is -2.22. The lowest BCUT2D eigenvalue weighted by atomic mass is 10.0. The molecule has 1 fully saturated rings. The first-order chi connectivity index (χ1) is 8.20. The third kappa shape index (κ3) is 2.83. The second-order valence-electron chi connectivity index (χ2n) is 4.33. The fraction of sp³-hybridized carbons (Fsp3) is 0.636. The summed E-state index contributed by atoms with van der Waals surface area (Å²) >= 11 is 0. The summed E-state index contributed by atoms with van der Waals surface area (Å²) in [7, 11) is 0. The topological polar surface area (TPSA) is 90.1 Å². The smallest absolute Gasteiger partial charge is 0.328 e. The molecule has 3 N–H and O–H groups in total. The Morgan fingerprint density at radius 2 is 2.12 bits per heavy atom. The highest BCUT2D eigenvalue weighted by atomic mass is 16.5. The monoisotopic (exact) mass is 239 g/mol. The third-order valence-electron chi connectivity index (χ3n) is 3.10. The highest BCUT2D eigenvalue weighted by molar-refractivity contribution is 5.03. The second-order valence-corrected chi connectivity index (χ2v) is 4.33. The molecular formula is C11H17N3O3. The molecule has 1 aliphatic rings. The van der Waals surface area contributed by atoms with Crippen LogP contribution in [0.25, 0.3) is 0 Å². The van der Waals surface area contributed by atoms with Gasteiger partial charge in [0.2, 0.25) is 0 Å². The maximum absolute atomic E-state index is 11.6. The van der Waals surface area contributed by atoms with Crippen molar-refractivity contribution in [3.05, 3.63) is 32.6 Å². The first-order valence-corrected chi connectivity index (χ1v) is 5.81. The minimum absolute atomic E-state index is 0.142. The van der Waals surface area contributed by atoms with Crippen LogP contribution in [0, 0.1) is 5.92 Å². The zero-order valence-electron chi connectivity index (χ0n) is 9.65. The van der Waals surface area contributed by atoms with Crippen molar-refractivity contribution in [3.63, 3.8) is 0 Å². The van der Waals surface area contributed by atoms with Gasteiger partial charge < -0.3 is 10.5 Å². The Bertz CT molecular complexity index is 485. The lowest BCUT2D eigenvalue weighted by Crippen LogP contribution is -2.35. The van der Waals surface area contributed by atoms with E-state index in [0.29, 0.717) is 18.0 Å².